The van der Waals surface area contributed by atoms with Gasteiger partial charge in [0.05, 0.1) is 18.4 Å². The number of aryl methyl sites for hydroxylation is 1. The molecule has 2 aromatic rings. The molecule has 0 saturated carbocycles. The number of ether oxygens (including phenoxy) is 1. The first-order valence-electron chi connectivity index (χ1n) is 9.13. The van der Waals surface area contributed by atoms with E-state index in [1.54, 1.807) is 35.0 Å². The van der Waals surface area contributed by atoms with Gasteiger partial charge in [-0.1, -0.05) is 17.7 Å². The molecule has 2 heterocycles. The summed E-state index contributed by atoms with van der Waals surface area (Å²) in [4.78, 5) is 20.6. The number of nitrogens with zero attached hydrogens (tertiary/aromatic N) is 5. The van der Waals surface area contributed by atoms with E-state index in [4.69, 9.17) is 16.3 Å². The third kappa shape index (κ3) is 6.23. The standard InChI is InChI=1S/C19H25ClN6O2.HI/c1-14(28-17-6-4-5-15(20)9-17)10-22-19(21-2)25-7-8-26(18(27)13-25)16-11-23-24(3)12-16;/h4-6,9,11-12,14H,7-8,10,13H2,1-3H3,(H,21,22);1H. The van der Waals surface area contributed by atoms with E-state index < -0.39 is 0 Å². The van der Waals surface area contributed by atoms with Gasteiger partial charge in [-0.05, 0) is 25.1 Å². The third-order valence-electron chi connectivity index (χ3n) is 4.42. The van der Waals surface area contributed by atoms with Gasteiger partial charge in [0.2, 0.25) is 5.91 Å². The van der Waals surface area contributed by atoms with Crippen molar-refractivity contribution in [3.05, 3.63) is 41.7 Å². The zero-order chi connectivity index (χ0) is 20.1. The Morgan fingerprint density at radius 2 is 2.21 bits per heavy atom. The van der Waals surface area contributed by atoms with Crippen LogP contribution in [0.1, 0.15) is 6.92 Å². The number of piperazine rings is 1. The number of carbonyl (C=O) groups is 1. The second-order valence-corrected chi connectivity index (χ2v) is 7.09. The maximum atomic E-state index is 12.6. The molecule has 1 aliphatic rings. The van der Waals surface area contributed by atoms with Gasteiger partial charge < -0.3 is 19.9 Å². The molecular weight excluding hydrogens is 507 g/mol. The Hall–Kier alpha value is -2.01. The lowest BCUT2D eigenvalue weighted by atomic mass is 10.3. The predicted molar refractivity (Wildman–Crippen MR) is 125 cm³/mol. The molecule has 3 rings (SSSR count). The van der Waals surface area contributed by atoms with Crippen molar-refractivity contribution in [1.82, 2.24) is 20.0 Å². The van der Waals surface area contributed by atoms with Crippen molar-refractivity contribution in [2.75, 3.05) is 38.1 Å². The van der Waals surface area contributed by atoms with E-state index in [-0.39, 0.29) is 42.5 Å². The van der Waals surface area contributed by atoms with Crippen LogP contribution in [0.2, 0.25) is 5.02 Å². The van der Waals surface area contributed by atoms with Gasteiger partial charge in [-0.3, -0.25) is 14.5 Å². The number of halogens is 2. The molecular formula is C19H26ClIN6O2. The van der Waals surface area contributed by atoms with Gasteiger partial charge in [-0.15, -0.1) is 24.0 Å². The van der Waals surface area contributed by atoms with E-state index in [0.717, 1.165) is 11.4 Å². The van der Waals surface area contributed by atoms with E-state index >= 15 is 0 Å². The highest BCUT2D eigenvalue weighted by molar-refractivity contribution is 14.0. The summed E-state index contributed by atoms with van der Waals surface area (Å²) in [6.07, 6.45) is 3.45. The number of hydrogen-bond donors (Lipinski definition) is 1. The number of guanidine groups is 1. The minimum atomic E-state index is -0.0948. The summed E-state index contributed by atoms with van der Waals surface area (Å²) >= 11 is 5.99. The zero-order valence-electron chi connectivity index (χ0n) is 16.7. The lowest BCUT2D eigenvalue weighted by molar-refractivity contribution is -0.120. The molecule has 1 aromatic heterocycles. The van der Waals surface area contributed by atoms with E-state index in [2.05, 4.69) is 15.4 Å². The van der Waals surface area contributed by atoms with Crippen molar-refractivity contribution in [3.8, 4) is 5.75 Å². The Morgan fingerprint density at radius 3 is 2.83 bits per heavy atom. The zero-order valence-corrected chi connectivity index (χ0v) is 19.8. The lowest BCUT2D eigenvalue weighted by Crippen LogP contribution is -2.56. The predicted octanol–water partition coefficient (Wildman–Crippen LogP) is 2.38. The fourth-order valence-corrected chi connectivity index (χ4v) is 3.24. The number of amides is 1. The SMILES string of the molecule is CN=C(NCC(C)Oc1cccc(Cl)c1)N1CCN(c2cnn(C)c2)C(=O)C1.I. The van der Waals surface area contributed by atoms with Crippen LogP contribution in [0.4, 0.5) is 5.69 Å². The maximum Gasteiger partial charge on any atom is 0.246 e. The molecule has 1 unspecified atom stereocenters. The van der Waals surface area contributed by atoms with Crippen LogP contribution >= 0.6 is 35.6 Å². The number of aromatic nitrogens is 2. The molecule has 1 saturated heterocycles. The average Bonchev–Trinajstić information content (AvgIpc) is 3.08. The van der Waals surface area contributed by atoms with Crippen molar-refractivity contribution in [1.29, 1.82) is 0 Å². The normalized spacial score (nSPS) is 15.7. The minimum absolute atomic E-state index is 0. The summed E-state index contributed by atoms with van der Waals surface area (Å²) in [5, 5.41) is 8.06. The summed E-state index contributed by atoms with van der Waals surface area (Å²) in [5.74, 6) is 1.42. The Balaban J connectivity index is 0.00000300. The molecule has 158 valence electrons. The van der Waals surface area contributed by atoms with Gasteiger partial charge >= 0.3 is 0 Å². The molecule has 0 radical (unpaired) electrons. The Labute approximate surface area is 192 Å². The van der Waals surface area contributed by atoms with Crippen LogP contribution in [0.3, 0.4) is 0 Å². The van der Waals surface area contributed by atoms with Gasteiger partial charge in [0, 0.05) is 38.4 Å². The van der Waals surface area contributed by atoms with E-state index in [1.807, 2.05) is 37.2 Å². The Bertz CT molecular complexity index is 859. The van der Waals surface area contributed by atoms with Crippen molar-refractivity contribution in [3.63, 3.8) is 0 Å². The number of benzene rings is 1. The van der Waals surface area contributed by atoms with Crippen LogP contribution in [-0.4, -0.2) is 65.9 Å². The number of anilines is 1. The first kappa shape index (κ1) is 23.3. The Kier molecular flexibility index (Phi) is 8.57. The molecule has 10 heteroatoms. The average molecular weight is 533 g/mol. The second kappa shape index (κ2) is 10.7. The highest BCUT2D eigenvalue weighted by Crippen LogP contribution is 2.18. The fraction of sp³-hybridized carbons (Fsp3) is 0.421. The summed E-state index contributed by atoms with van der Waals surface area (Å²) < 4.78 is 7.56. The molecule has 1 aliphatic heterocycles. The van der Waals surface area contributed by atoms with Crippen LogP contribution in [0.5, 0.6) is 5.75 Å². The number of hydrogen-bond acceptors (Lipinski definition) is 4. The van der Waals surface area contributed by atoms with E-state index in [9.17, 15) is 4.79 Å². The van der Waals surface area contributed by atoms with Crippen LogP contribution in [0.15, 0.2) is 41.7 Å². The molecule has 0 spiro atoms. The van der Waals surface area contributed by atoms with Crippen LogP contribution in [0.25, 0.3) is 0 Å². The van der Waals surface area contributed by atoms with Gasteiger partial charge in [0.25, 0.3) is 0 Å². The topological polar surface area (TPSA) is 75.0 Å². The number of rotatable bonds is 5. The van der Waals surface area contributed by atoms with Gasteiger partial charge in [-0.25, -0.2) is 0 Å². The smallest absolute Gasteiger partial charge is 0.246 e. The van der Waals surface area contributed by atoms with Gasteiger partial charge in [0.1, 0.15) is 18.4 Å². The molecule has 1 amide bonds. The quantitative estimate of drug-likeness (QED) is 0.364. The molecule has 1 fully saturated rings. The molecule has 0 bridgehead atoms. The van der Waals surface area contributed by atoms with Crippen molar-refractivity contribution in [2.45, 2.75) is 13.0 Å². The van der Waals surface area contributed by atoms with Gasteiger partial charge in [0.15, 0.2) is 5.96 Å². The van der Waals surface area contributed by atoms with E-state index in [1.165, 1.54) is 0 Å². The summed E-state index contributed by atoms with van der Waals surface area (Å²) in [6, 6.07) is 7.31. The van der Waals surface area contributed by atoms with Crippen molar-refractivity contribution < 1.29 is 9.53 Å². The number of nitrogens with one attached hydrogen (secondary N) is 1. The highest BCUT2D eigenvalue weighted by Gasteiger charge is 2.27. The molecule has 1 N–H and O–H groups in total. The summed E-state index contributed by atoms with van der Waals surface area (Å²) in [7, 11) is 3.55. The number of aliphatic imine (C=N–C) groups is 1. The first-order chi connectivity index (χ1) is 13.5. The molecule has 1 aromatic carbocycles. The number of carbonyl (C=O) groups excluding carboxylic acids is 1. The fourth-order valence-electron chi connectivity index (χ4n) is 3.06. The van der Waals surface area contributed by atoms with Crippen molar-refractivity contribution in [2.24, 2.45) is 12.0 Å². The van der Waals surface area contributed by atoms with Gasteiger partial charge in [-0.2, -0.15) is 5.10 Å². The summed E-state index contributed by atoms with van der Waals surface area (Å²) in [6.45, 7) is 4.05. The third-order valence-corrected chi connectivity index (χ3v) is 4.65. The molecule has 0 aliphatic carbocycles. The minimum Gasteiger partial charge on any atom is -0.489 e. The van der Waals surface area contributed by atoms with E-state index in [0.29, 0.717) is 30.6 Å². The molecule has 29 heavy (non-hydrogen) atoms. The molecule has 1 atom stereocenters. The van der Waals surface area contributed by atoms with Crippen molar-refractivity contribution >= 4 is 53.1 Å². The van der Waals surface area contributed by atoms with Crippen LogP contribution in [-0.2, 0) is 11.8 Å². The second-order valence-electron chi connectivity index (χ2n) is 6.65. The lowest BCUT2D eigenvalue weighted by Gasteiger charge is -2.35. The monoisotopic (exact) mass is 532 g/mol. The largest absolute Gasteiger partial charge is 0.489 e. The first-order valence-corrected chi connectivity index (χ1v) is 9.51. The maximum absolute atomic E-state index is 12.6. The molecule has 8 nitrogen and oxygen atoms in total. The van der Waals surface area contributed by atoms with Crippen LogP contribution < -0.4 is 15.0 Å². The summed E-state index contributed by atoms with van der Waals surface area (Å²) in [5.41, 5.74) is 0.818. The highest BCUT2D eigenvalue weighted by atomic mass is 127. The van der Waals surface area contributed by atoms with Crippen LogP contribution in [0, 0.1) is 0 Å². The Morgan fingerprint density at radius 1 is 1.41 bits per heavy atom.